The molecule has 0 unspecified atom stereocenters. The lowest BCUT2D eigenvalue weighted by atomic mass is 9.52. The maximum Gasteiger partial charge on any atom is 0.430 e. The number of hydrogen-bond acceptors (Lipinski definition) is 2. The van der Waals surface area contributed by atoms with Gasteiger partial charge >= 0.3 is 6.92 Å². The molecule has 1 heterocycles. The van der Waals surface area contributed by atoms with Crippen molar-refractivity contribution in [2.24, 2.45) is 0 Å². The van der Waals surface area contributed by atoms with E-state index in [9.17, 15) is 0 Å². The maximum absolute atomic E-state index is 6.73. The molecule has 2 nitrogen and oxygen atoms in total. The molecule has 1 aliphatic rings. The topological polar surface area (TPSA) is 12.5 Å². The van der Waals surface area contributed by atoms with Crippen LogP contribution >= 0.6 is 0 Å². The lowest BCUT2D eigenvalue weighted by Crippen LogP contribution is -2.54. The summed E-state index contributed by atoms with van der Waals surface area (Å²) in [5.74, 6) is 0.856. The zero-order chi connectivity index (χ0) is 26.0. The average molecular weight is 499 g/mol. The summed E-state index contributed by atoms with van der Waals surface area (Å²) in [6.07, 6.45) is 0. The summed E-state index contributed by atoms with van der Waals surface area (Å²) in [5, 5.41) is 0. The van der Waals surface area contributed by atoms with Gasteiger partial charge in [0.2, 0.25) is 0 Å². The third kappa shape index (κ3) is 4.38. The van der Waals surface area contributed by atoms with E-state index in [0.717, 1.165) is 33.7 Å². The molecule has 39 heavy (non-hydrogen) atoms. The molecule has 0 saturated heterocycles. The smallest absolute Gasteiger partial charge is 0.430 e. The highest BCUT2D eigenvalue weighted by atomic mass is 16.4. The highest BCUT2D eigenvalue weighted by Crippen LogP contribution is 2.38. The number of nitrogens with zero attached hydrogens (tertiary/aromatic N) is 1. The fourth-order valence-corrected chi connectivity index (χ4v) is 5.46. The molecule has 7 rings (SSSR count). The second-order valence-corrected chi connectivity index (χ2v) is 9.76. The second kappa shape index (κ2) is 10.0. The molecule has 0 aromatic heterocycles. The molecule has 6 aromatic rings. The van der Waals surface area contributed by atoms with Gasteiger partial charge in [-0.1, -0.05) is 121 Å². The van der Waals surface area contributed by atoms with Crippen molar-refractivity contribution in [3.8, 4) is 28.0 Å². The van der Waals surface area contributed by atoms with E-state index in [2.05, 4.69) is 132 Å². The van der Waals surface area contributed by atoms with Crippen LogP contribution in [0.15, 0.2) is 158 Å². The van der Waals surface area contributed by atoms with E-state index in [-0.39, 0.29) is 6.92 Å². The van der Waals surface area contributed by atoms with Crippen molar-refractivity contribution in [1.29, 1.82) is 0 Å². The molecular formula is C36H26BNO. The summed E-state index contributed by atoms with van der Waals surface area (Å²) < 4.78 is 6.73. The molecule has 0 saturated carbocycles. The van der Waals surface area contributed by atoms with Gasteiger partial charge in [0.05, 0.1) is 5.75 Å². The van der Waals surface area contributed by atoms with Crippen LogP contribution in [0.2, 0.25) is 0 Å². The molecule has 0 amide bonds. The minimum absolute atomic E-state index is 0.234. The van der Waals surface area contributed by atoms with Crippen molar-refractivity contribution in [1.82, 2.24) is 0 Å². The summed E-state index contributed by atoms with van der Waals surface area (Å²) in [4.78, 5) is 2.36. The molecule has 1 aliphatic heterocycles. The Labute approximate surface area is 229 Å². The van der Waals surface area contributed by atoms with Crippen LogP contribution in [-0.2, 0) is 0 Å². The van der Waals surface area contributed by atoms with Crippen LogP contribution in [-0.4, -0.2) is 6.92 Å². The Hall–Kier alpha value is -5.02. The molecule has 0 radical (unpaired) electrons. The van der Waals surface area contributed by atoms with E-state index < -0.39 is 0 Å². The van der Waals surface area contributed by atoms with Crippen molar-refractivity contribution >= 4 is 34.9 Å². The van der Waals surface area contributed by atoms with E-state index in [1.54, 1.807) is 0 Å². The van der Waals surface area contributed by atoms with Crippen LogP contribution in [0.25, 0.3) is 22.3 Å². The standard InChI is InChI=1S/C36H26BNO/c1-4-12-27(13-5-1)29-20-23-31(24-21-29)38-35-19-11-10-18-33(35)37(39-32-16-8-3-9-17-32)34-26-30(22-25-36(34)38)28-14-6-2-7-15-28/h1-26H. The molecule has 0 spiro atoms. The summed E-state index contributed by atoms with van der Waals surface area (Å²) in [7, 11) is 0. The monoisotopic (exact) mass is 499 g/mol. The predicted molar refractivity (Wildman–Crippen MR) is 164 cm³/mol. The first kappa shape index (κ1) is 23.1. The van der Waals surface area contributed by atoms with E-state index >= 15 is 0 Å². The summed E-state index contributed by atoms with van der Waals surface area (Å²) in [6, 6.07) is 55.3. The molecule has 0 N–H and O–H groups in total. The molecule has 184 valence electrons. The van der Waals surface area contributed by atoms with Gasteiger partial charge in [-0.15, -0.1) is 0 Å². The first-order valence-electron chi connectivity index (χ1n) is 13.3. The lowest BCUT2D eigenvalue weighted by Gasteiger charge is -2.36. The number of benzene rings is 6. The second-order valence-electron chi connectivity index (χ2n) is 9.76. The van der Waals surface area contributed by atoms with Gasteiger partial charge in [-0.05, 0) is 69.6 Å². The van der Waals surface area contributed by atoms with Gasteiger partial charge < -0.3 is 9.55 Å². The Morgan fingerprint density at radius 2 is 0.923 bits per heavy atom. The minimum atomic E-state index is -0.234. The van der Waals surface area contributed by atoms with Gasteiger partial charge in [0.1, 0.15) is 0 Å². The lowest BCUT2D eigenvalue weighted by molar-refractivity contribution is 0.591. The SMILES string of the molecule is c1ccc(OB2c3ccccc3N(c3ccc(-c4ccccc4)cc3)c3ccc(-c4ccccc4)cc32)cc1. The predicted octanol–water partition coefficient (Wildman–Crippen LogP) is 7.99. The van der Waals surface area contributed by atoms with E-state index in [1.807, 2.05) is 30.3 Å². The summed E-state index contributed by atoms with van der Waals surface area (Å²) in [6.45, 7) is -0.234. The van der Waals surface area contributed by atoms with Crippen LogP contribution in [0, 0.1) is 0 Å². The molecular weight excluding hydrogens is 473 g/mol. The van der Waals surface area contributed by atoms with Crippen LogP contribution < -0.4 is 20.5 Å². The van der Waals surface area contributed by atoms with Gasteiger partial charge in [-0.25, -0.2) is 0 Å². The van der Waals surface area contributed by atoms with Crippen LogP contribution in [0.1, 0.15) is 0 Å². The van der Waals surface area contributed by atoms with Crippen molar-refractivity contribution in [3.63, 3.8) is 0 Å². The third-order valence-electron chi connectivity index (χ3n) is 7.35. The van der Waals surface area contributed by atoms with Gasteiger partial charge in [0, 0.05) is 17.1 Å². The van der Waals surface area contributed by atoms with E-state index in [4.69, 9.17) is 4.65 Å². The normalized spacial score (nSPS) is 12.0. The van der Waals surface area contributed by atoms with Crippen LogP contribution in [0.4, 0.5) is 17.1 Å². The van der Waals surface area contributed by atoms with Crippen LogP contribution in [0.5, 0.6) is 5.75 Å². The van der Waals surface area contributed by atoms with E-state index in [0.29, 0.717) is 0 Å². The summed E-state index contributed by atoms with van der Waals surface area (Å²) in [5.41, 5.74) is 10.5. The number of para-hydroxylation sites is 2. The highest BCUT2D eigenvalue weighted by molar-refractivity contribution is 6.84. The van der Waals surface area contributed by atoms with Crippen molar-refractivity contribution in [2.75, 3.05) is 4.90 Å². The Balaban J connectivity index is 1.38. The fraction of sp³-hybridized carbons (Fsp3) is 0. The largest absolute Gasteiger partial charge is 0.551 e. The number of fused-ring (bicyclic) bond motifs is 2. The van der Waals surface area contributed by atoms with Crippen molar-refractivity contribution in [2.45, 2.75) is 0 Å². The van der Waals surface area contributed by atoms with Crippen molar-refractivity contribution < 1.29 is 4.65 Å². The van der Waals surface area contributed by atoms with Crippen molar-refractivity contribution in [3.05, 3.63) is 158 Å². The van der Waals surface area contributed by atoms with Gasteiger partial charge in [-0.2, -0.15) is 0 Å². The average Bonchev–Trinajstić information content (AvgIpc) is 3.02. The molecule has 3 heteroatoms. The minimum Gasteiger partial charge on any atom is -0.551 e. The zero-order valence-electron chi connectivity index (χ0n) is 21.4. The molecule has 6 aromatic carbocycles. The van der Waals surface area contributed by atoms with Gasteiger partial charge in [0.25, 0.3) is 0 Å². The maximum atomic E-state index is 6.73. The Bertz CT molecular complexity index is 1720. The fourth-order valence-electron chi connectivity index (χ4n) is 5.46. The zero-order valence-corrected chi connectivity index (χ0v) is 21.4. The first-order chi connectivity index (χ1) is 19.3. The third-order valence-corrected chi connectivity index (χ3v) is 7.35. The highest BCUT2D eigenvalue weighted by Gasteiger charge is 2.37. The molecule has 0 bridgehead atoms. The van der Waals surface area contributed by atoms with Gasteiger partial charge in [0.15, 0.2) is 0 Å². The van der Waals surface area contributed by atoms with Crippen LogP contribution in [0.3, 0.4) is 0 Å². The molecule has 0 atom stereocenters. The number of anilines is 3. The Morgan fingerprint density at radius 3 is 1.62 bits per heavy atom. The van der Waals surface area contributed by atoms with Gasteiger partial charge in [-0.3, -0.25) is 0 Å². The molecule has 0 fully saturated rings. The Kier molecular flexibility index (Phi) is 5.95. The quantitative estimate of drug-likeness (QED) is 0.223. The Morgan fingerprint density at radius 1 is 0.410 bits per heavy atom. The van der Waals surface area contributed by atoms with E-state index in [1.165, 1.54) is 22.3 Å². The first-order valence-corrected chi connectivity index (χ1v) is 13.3. The summed E-state index contributed by atoms with van der Waals surface area (Å²) >= 11 is 0. The number of hydrogen-bond donors (Lipinski definition) is 0. The number of rotatable bonds is 5. The molecule has 0 aliphatic carbocycles.